The van der Waals surface area contributed by atoms with E-state index in [-0.39, 0.29) is 0 Å². The lowest BCUT2D eigenvalue weighted by Crippen LogP contribution is -1.58. The predicted molar refractivity (Wildman–Crippen MR) is 61.8 cm³/mol. The fourth-order valence-corrected chi connectivity index (χ4v) is 0.813. The molecule has 0 aliphatic heterocycles. The summed E-state index contributed by atoms with van der Waals surface area (Å²) >= 11 is 0. The Morgan fingerprint density at radius 2 is 1.23 bits per heavy atom. The first kappa shape index (κ1) is 12.0. The fraction of sp³-hybridized carbons (Fsp3) is 0.385. The molecule has 72 valence electrons. The second kappa shape index (κ2) is 11.0. The molecule has 0 bridgehead atoms. The molecule has 0 aliphatic carbocycles. The van der Waals surface area contributed by atoms with Crippen molar-refractivity contribution < 1.29 is 0 Å². The van der Waals surface area contributed by atoms with Gasteiger partial charge in [0.2, 0.25) is 0 Å². The van der Waals surface area contributed by atoms with Crippen molar-refractivity contribution in [3.8, 4) is 0 Å². The summed E-state index contributed by atoms with van der Waals surface area (Å²) in [6, 6.07) is 0. The van der Waals surface area contributed by atoms with E-state index in [9.17, 15) is 0 Å². The second-order valence-electron chi connectivity index (χ2n) is 2.82. The summed E-state index contributed by atoms with van der Waals surface area (Å²) < 4.78 is 0. The van der Waals surface area contributed by atoms with Crippen LogP contribution in [0.3, 0.4) is 0 Å². The maximum Gasteiger partial charge on any atom is -0.0350 e. The number of unbranched alkanes of at least 4 members (excludes halogenated alkanes) is 1. The molecule has 0 saturated carbocycles. The van der Waals surface area contributed by atoms with Crippen LogP contribution in [0.4, 0.5) is 0 Å². The van der Waals surface area contributed by atoms with Gasteiger partial charge in [-0.1, -0.05) is 68.9 Å². The first-order chi connectivity index (χ1) is 6.41. The lowest BCUT2D eigenvalue weighted by molar-refractivity contribution is 0.959. The number of hydrogen-bond donors (Lipinski definition) is 0. The first-order valence-corrected chi connectivity index (χ1v) is 5.06. The monoisotopic (exact) mass is 176 g/mol. The molecule has 0 aromatic carbocycles. The van der Waals surface area contributed by atoms with Crippen LogP contribution in [0.25, 0.3) is 0 Å². The summed E-state index contributed by atoms with van der Waals surface area (Å²) in [5.74, 6) is 0. The van der Waals surface area contributed by atoms with Gasteiger partial charge in [0.05, 0.1) is 0 Å². The average Bonchev–Trinajstić information content (AvgIpc) is 2.16. The van der Waals surface area contributed by atoms with E-state index >= 15 is 0 Å². The minimum atomic E-state index is 1.10. The van der Waals surface area contributed by atoms with E-state index in [2.05, 4.69) is 44.2 Å². The van der Waals surface area contributed by atoms with Gasteiger partial charge in [-0.2, -0.15) is 0 Å². The van der Waals surface area contributed by atoms with Crippen LogP contribution < -0.4 is 0 Å². The first-order valence-electron chi connectivity index (χ1n) is 5.06. The van der Waals surface area contributed by atoms with Crippen LogP contribution in [0.15, 0.2) is 48.6 Å². The smallest absolute Gasteiger partial charge is 0.0350 e. The lowest BCUT2D eigenvalue weighted by Gasteiger charge is -1.79. The highest BCUT2D eigenvalue weighted by molar-refractivity contribution is 5.15. The van der Waals surface area contributed by atoms with Crippen molar-refractivity contribution in [2.75, 3.05) is 0 Å². The van der Waals surface area contributed by atoms with Crippen LogP contribution in [-0.2, 0) is 0 Å². The number of allylic oxidation sites excluding steroid dienone is 8. The summed E-state index contributed by atoms with van der Waals surface area (Å²) in [5.41, 5.74) is 0. The zero-order valence-electron chi connectivity index (χ0n) is 8.74. The summed E-state index contributed by atoms with van der Waals surface area (Å²) in [6.45, 7) is 4.32. The normalized spacial score (nSPS) is 13.1. The molecule has 0 rings (SSSR count). The average molecular weight is 176 g/mol. The molecule has 13 heavy (non-hydrogen) atoms. The highest BCUT2D eigenvalue weighted by atomic mass is 13.8. The molecule has 0 atom stereocenters. The molecule has 0 unspecified atom stereocenters. The van der Waals surface area contributed by atoms with Crippen molar-refractivity contribution >= 4 is 0 Å². The zero-order chi connectivity index (χ0) is 9.78. The van der Waals surface area contributed by atoms with E-state index in [1.807, 2.05) is 18.2 Å². The molecular formula is C13H20. The van der Waals surface area contributed by atoms with Gasteiger partial charge in [0.1, 0.15) is 0 Å². The topological polar surface area (TPSA) is 0 Å². The van der Waals surface area contributed by atoms with E-state index in [4.69, 9.17) is 0 Å². The Hall–Kier alpha value is -1.04. The Labute approximate surface area is 82.4 Å². The summed E-state index contributed by atoms with van der Waals surface area (Å²) in [4.78, 5) is 0. The van der Waals surface area contributed by atoms with E-state index in [0.29, 0.717) is 0 Å². The molecule has 0 spiro atoms. The van der Waals surface area contributed by atoms with Crippen molar-refractivity contribution in [1.82, 2.24) is 0 Å². The van der Waals surface area contributed by atoms with Crippen LogP contribution in [-0.4, -0.2) is 0 Å². The quantitative estimate of drug-likeness (QED) is 0.525. The Bertz CT molecular complexity index is 192. The SMILES string of the molecule is CCC=CC=CC=CC=CCCC. The minimum Gasteiger partial charge on any atom is -0.0848 e. The Balaban J connectivity index is 3.50. The summed E-state index contributed by atoms with van der Waals surface area (Å²) in [7, 11) is 0. The third-order valence-electron chi connectivity index (χ3n) is 1.52. The Morgan fingerprint density at radius 1 is 0.692 bits per heavy atom. The van der Waals surface area contributed by atoms with Crippen molar-refractivity contribution in [1.29, 1.82) is 0 Å². The van der Waals surface area contributed by atoms with Gasteiger partial charge in [-0.15, -0.1) is 0 Å². The third kappa shape index (κ3) is 11.0. The van der Waals surface area contributed by atoms with Crippen LogP contribution in [0.2, 0.25) is 0 Å². The maximum atomic E-state index is 2.19. The van der Waals surface area contributed by atoms with Crippen molar-refractivity contribution in [2.24, 2.45) is 0 Å². The lowest BCUT2D eigenvalue weighted by atomic mass is 10.3. The fourth-order valence-electron chi connectivity index (χ4n) is 0.813. The van der Waals surface area contributed by atoms with Crippen LogP contribution in [0.1, 0.15) is 33.1 Å². The van der Waals surface area contributed by atoms with Crippen LogP contribution in [0.5, 0.6) is 0 Å². The van der Waals surface area contributed by atoms with Crippen LogP contribution >= 0.6 is 0 Å². The van der Waals surface area contributed by atoms with Crippen molar-refractivity contribution in [3.63, 3.8) is 0 Å². The van der Waals surface area contributed by atoms with Gasteiger partial charge in [-0.3, -0.25) is 0 Å². The molecule has 0 heteroatoms. The second-order valence-corrected chi connectivity index (χ2v) is 2.82. The van der Waals surface area contributed by atoms with Gasteiger partial charge < -0.3 is 0 Å². The van der Waals surface area contributed by atoms with Gasteiger partial charge in [-0.05, 0) is 12.8 Å². The highest BCUT2D eigenvalue weighted by Crippen LogP contribution is 1.89. The molecule has 0 aliphatic rings. The number of rotatable bonds is 6. The molecule has 0 fully saturated rings. The van der Waals surface area contributed by atoms with Crippen LogP contribution in [0, 0.1) is 0 Å². The van der Waals surface area contributed by atoms with Gasteiger partial charge in [0.25, 0.3) is 0 Å². The van der Waals surface area contributed by atoms with E-state index < -0.39 is 0 Å². The van der Waals surface area contributed by atoms with Gasteiger partial charge in [0, 0.05) is 0 Å². The molecule has 0 N–H and O–H groups in total. The highest BCUT2D eigenvalue weighted by Gasteiger charge is 1.68. The summed E-state index contributed by atoms with van der Waals surface area (Å²) in [6.07, 6.45) is 20.2. The molecule has 0 heterocycles. The standard InChI is InChI=1S/C13H20/c1-3-5-7-9-11-13-12-10-8-6-4-2/h5,7-13H,3-4,6H2,1-2H3. The molecule has 0 aromatic rings. The molecule has 0 saturated heterocycles. The molecule has 0 nitrogen and oxygen atoms in total. The molecular weight excluding hydrogens is 156 g/mol. The van der Waals surface area contributed by atoms with Gasteiger partial charge >= 0.3 is 0 Å². The van der Waals surface area contributed by atoms with E-state index in [0.717, 1.165) is 6.42 Å². The molecule has 0 aromatic heterocycles. The Morgan fingerprint density at radius 3 is 1.77 bits per heavy atom. The molecule has 0 amide bonds. The third-order valence-corrected chi connectivity index (χ3v) is 1.52. The van der Waals surface area contributed by atoms with E-state index in [1.54, 1.807) is 0 Å². The molecule has 0 radical (unpaired) electrons. The maximum absolute atomic E-state index is 2.19. The predicted octanol–water partition coefficient (Wildman–Crippen LogP) is 4.42. The van der Waals surface area contributed by atoms with Crippen molar-refractivity contribution in [3.05, 3.63) is 48.6 Å². The minimum absolute atomic E-state index is 1.10. The Kier molecular flexibility index (Phi) is 10.1. The van der Waals surface area contributed by atoms with Gasteiger partial charge in [-0.25, -0.2) is 0 Å². The largest absolute Gasteiger partial charge is 0.0848 e. The zero-order valence-corrected chi connectivity index (χ0v) is 8.74. The summed E-state index contributed by atoms with van der Waals surface area (Å²) in [5, 5.41) is 0. The van der Waals surface area contributed by atoms with E-state index in [1.165, 1.54) is 12.8 Å². The van der Waals surface area contributed by atoms with Crippen molar-refractivity contribution in [2.45, 2.75) is 33.1 Å². The van der Waals surface area contributed by atoms with Gasteiger partial charge in [0.15, 0.2) is 0 Å². The number of hydrogen-bond acceptors (Lipinski definition) is 0.